The van der Waals surface area contributed by atoms with Crippen molar-refractivity contribution in [2.45, 2.75) is 83.7 Å². The van der Waals surface area contributed by atoms with Crippen LogP contribution in [0.3, 0.4) is 0 Å². The van der Waals surface area contributed by atoms with E-state index in [9.17, 15) is 5.26 Å². The fourth-order valence-electron chi connectivity index (χ4n) is 3.38. The topological polar surface area (TPSA) is 39.1 Å². The smallest absolute Gasteiger partial charge is 0.106 e. The van der Waals surface area contributed by atoms with Gasteiger partial charge in [0, 0.05) is 6.04 Å². The minimum absolute atomic E-state index is 0.300. The average Bonchev–Trinajstić information content (AvgIpc) is 3.01. The molecule has 1 rings (SSSR count). The second-order valence-corrected chi connectivity index (χ2v) is 6.14. The van der Waals surface area contributed by atoms with Gasteiger partial charge in [-0.1, -0.05) is 33.6 Å². The SMILES string of the molecule is CCCNC(C#N)(CC)CCCN(CC)C1CCCC1. The molecule has 1 fully saturated rings. The Morgan fingerprint density at radius 2 is 1.95 bits per heavy atom. The number of nitrogens with one attached hydrogen (secondary N) is 1. The van der Waals surface area contributed by atoms with Crippen molar-refractivity contribution in [3.8, 4) is 6.07 Å². The van der Waals surface area contributed by atoms with Crippen molar-refractivity contribution in [1.29, 1.82) is 5.26 Å². The molecule has 0 saturated heterocycles. The molecule has 3 nitrogen and oxygen atoms in total. The van der Waals surface area contributed by atoms with E-state index in [1.807, 2.05) is 0 Å². The van der Waals surface area contributed by atoms with Crippen LogP contribution in [0.4, 0.5) is 0 Å². The lowest BCUT2D eigenvalue weighted by Gasteiger charge is -2.30. The monoisotopic (exact) mass is 279 g/mol. The zero-order valence-corrected chi connectivity index (χ0v) is 13.7. The molecule has 1 N–H and O–H groups in total. The van der Waals surface area contributed by atoms with E-state index in [0.717, 1.165) is 51.4 Å². The maximum absolute atomic E-state index is 9.51. The predicted molar refractivity (Wildman–Crippen MR) is 85.7 cm³/mol. The van der Waals surface area contributed by atoms with Gasteiger partial charge in [-0.2, -0.15) is 5.26 Å². The molecule has 1 aliphatic rings. The van der Waals surface area contributed by atoms with E-state index in [0.29, 0.717) is 0 Å². The van der Waals surface area contributed by atoms with Gasteiger partial charge < -0.3 is 4.90 Å². The van der Waals surface area contributed by atoms with Gasteiger partial charge in [0.1, 0.15) is 5.54 Å². The molecule has 1 unspecified atom stereocenters. The zero-order chi connectivity index (χ0) is 14.8. The normalized spacial score (nSPS) is 19.1. The molecule has 3 heteroatoms. The standard InChI is InChI=1S/C17H33N3/c1-4-13-19-17(5-2,15-18)12-9-14-20(6-3)16-10-7-8-11-16/h16,19H,4-14H2,1-3H3. The number of nitrogens with zero attached hydrogens (tertiary/aromatic N) is 2. The Morgan fingerprint density at radius 1 is 1.25 bits per heavy atom. The van der Waals surface area contributed by atoms with E-state index in [-0.39, 0.29) is 5.54 Å². The molecule has 0 amide bonds. The zero-order valence-electron chi connectivity index (χ0n) is 13.7. The second-order valence-electron chi connectivity index (χ2n) is 6.14. The van der Waals surface area contributed by atoms with Gasteiger partial charge in [0.25, 0.3) is 0 Å². The van der Waals surface area contributed by atoms with Gasteiger partial charge >= 0.3 is 0 Å². The lowest BCUT2D eigenvalue weighted by Crippen LogP contribution is -2.44. The van der Waals surface area contributed by atoms with E-state index < -0.39 is 0 Å². The number of hydrogen-bond donors (Lipinski definition) is 1. The van der Waals surface area contributed by atoms with E-state index in [1.54, 1.807) is 0 Å². The second kappa shape index (κ2) is 9.37. The highest BCUT2D eigenvalue weighted by Gasteiger charge is 2.27. The van der Waals surface area contributed by atoms with Crippen molar-refractivity contribution in [3.63, 3.8) is 0 Å². The lowest BCUT2D eigenvalue weighted by molar-refractivity contribution is 0.197. The molecule has 0 aliphatic heterocycles. The molecule has 1 saturated carbocycles. The van der Waals surface area contributed by atoms with Gasteiger partial charge in [0.15, 0.2) is 0 Å². The molecule has 0 aromatic carbocycles. The molecule has 0 radical (unpaired) electrons. The Bertz CT molecular complexity index is 291. The minimum atomic E-state index is -0.300. The first-order valence-corrected chi connectivity index (χ1v) is 8.61. The molecule has 0 aromatic heterocycles. The van der Waals surface area contributed by atoms with Crippen LogP contribution in [0.2, 0.25) is 0 Å². The van der Waals surface area contributed by atoms with Crippen LogP contribution in [0, 0.1) is 11.3 Å². The summed E-state index contributed by atoms with van der Waals surface area (Å²) in [6.45, 7) is 9.80. The summed E-state index contributed by atoms with van der Waals surface area (Å²) in [5.41, 5.74) is -0.300. The minimum Gasteiger partial charge on any atom is -0.301 e. The van der Waals surface area contributed by atoms with Gasteiger partial charge in [0.2, 0.25) is 0 Å². The maximum Gasteiger partial charge on any atom is 0.106 e. The first kappa shape index (κ1) is 17.5. The predicted octanol–water partition coefficient (Wildman–Crippen LogP) is 3.70. The lowest BCUT2D eigenvalue weighted by atomic mass is 9.91. The van der Waals surface area contributed by atoms with Crippen molar-refractivity contribution >= 4 is 0 Å². The van der Waals surface area contributed by atoms with Gasteiger partial charge in [0.05, 0.1) is 6.07 Å². The molecule has 0 spiro atoms. The Morgan fingerprint density at radius 3 is 2.45 bits per heavy atom. The largest absolute Gasteiger partial charge is 0.301 e. The third kappa shape index (κ3) is 5.07. The third-order valence-electron chi connectivity index (χ3n) is 4.83. The summed E-state index contributed by atoms with van der Waals surface area (Å²) in [4.78, 5) is 2.63. The van der Waals surface area contributed by atoms with Crippen LogP contribution in [0.5, 0.6) is 0 Å². The molecule has 0 aromatic rings. The molecule has 1 aliphatic carbocycles. The number of rotatable bonds is 10. The van der Waals surface area contributed by atoms with Crippen molar-refractivity contribution < 1.29 is 0 Å². The van der Waals surface area contributed by atoms with E-state index in [4.69, 9.17) is 0 Å². The first-order valence-electron chi connectivity index (χ1n) is 8.61. The molecule has 1 atom stereocenters. The van der Waals surface area contributed by atoms with E-state index in [2.05, 4.69) is 37.1 Å². The van der Waals surface area contributed by atoms with Crippen LogP contribution in [0.1, 0.15) is 72.1 Å². The molecule has 116 valence electrons. The summed E-state index contributed by atoms with van der Waals surface area (Å²) in [6, 6.07) is 3.34. The van der Waals surface area contributed by atoms with Crippen molar-refractivity contribution in [2.75, 3.05) is 19.6 Å². The Hall–Kier alpha value is -0.590. The van der Waals surface area contributed by atoms with E-state index in [1.165, 1.54) is 25.7 Å². The fraction of sp³-hybridized carbons (Fsp3) is 0.941. The van der Waals surface area contributed by atoms with E-state index >= 15 is 0 Å². The van der Waals surface area contributed by atoms with Gasteiger partial charge in [-0.25, -0.2) is 0 Å². The summed E-state index contributed by atoms with van der Waals surface area (Å²) in [5, 5.41) is 13.0. The van der Waals surface area contributed by atoms with Crippen LogP contribution >= 0.6 is 0 Å². The molecular weight excluding hydrogens is 246 g/mol. The third-order valence-corrected chi connectivity index (χ3v) is 4.83. The highest BCUT2D eigenvalue weighted by atomic mass is 15.1. The van der Waals surface area contributed by atoms with Gasteiger partial charge in [-0.05, 0) is 58.2 Å². The van der Waals surface area contributed by atoms with Gasteiger partial charge in [-0.3, -0.25) is 5.32 Å². The quantitative estimate of drug-likeness (QED) is 0.662. The molecule has 0 bridgehead atoms. The Kier molecular flexibility index (Phi) is 8.18. The highest BCUT2D eigenvalue weighted by molar-refractivity contribution is 5.06. The Labute approximate surface area is 125 Å². The number of hydrogen-bond acceptors (Lipinski definition) is 3. The number of nitriles is 1. The van der Waals surface area contributed by atoms with Crippen LogP contribution in [-0.2, 0) is 0 Å². The summed E-state index contributed by atoms with van der Waals surface area (Å²) >= 11 is 0. The summed E-state index contributed by atoms with van der Waals surface area (Å²) in [5.74, 6) is 0. The Balaban J connectivity index is 2.40. The van der Waals surface area contributed by atoms with Crippen LogP contribution in [0.25, 0.3) is 0 Å². The van der Waals surface area contributed by atoms with Crippen molar-refractivity contribution in [2.24, 2.45) is 0 Å². The summed E-state index contributed by atoms with van der Waals surface area (Å²) < 4.78 is 0. The maximum atomic E-state index is 9.51. The van der Waals surface area contributed by atoms with Crippen LogP contribution in [-0.4, -0.2) is 36.1 Å². The average molecular weight is 279 g/mol. The fourth-order valence-corrected chi connectivity index (χ4v) is 3.38. The first-order chi connectivity index (χ1) is 9.71. The van der Waals surface area contributed by atoms with Crippen molar-refractivity contribution in [3.05, 3.63) is 0 Å². The van der Waals surface area contributed by atoms with Crippen LogP contribution < -0.4 is 5.32 Å². The molecule has 20 heavy (non-hydrogen) atoms. The summed E-state index contributed by atoms with van der Waals surface area (Å²) in [7, 11) is 0. The molecular formula is C17H33N3. The summed E-state index contributed by atoms with van der Waals surface area (Å²) in [6.07, 6.45) is 9.64. The van der Waals surface area contributed by atoms with Crippen molar-refractivity contribution in [1.82, 2.24) is 10.2 Å². The highest BCUT2D eigenvalue weighted by Crippen LogP contribution is 2.24. The van der Waals surface area contributed by atoms with Gasteiger partial charge in [-0.15, -0.1) is 0 Å². The molecule has 0 heterocycles. The van der Waals surface area contributed by atoms with Crippen LogP contribution in [0.15, 0.2) is 0 Å².